The van der Waals surface area contributed by atoms with Crippen molar-refractivity contribution in [3.63, 3.8) is 0 Å². The van der Waals surface area contributed by atoms with Crippen molar-refractivity contribution < 1.29 is 23.8 Å². The summed E-state index contributed by atoms with van der Waals surface area (Å²) in [5.74, 6) is -0.0611. The fraction of sp³-hybridized carbons (Fsp3) is 0.444. The number of aromatic amines is 1. The van der Waals surface area contributed by atoms with E-state index in [9.17, 15) is 9.36 Å². The van der Waals surface area contributed by atoms with E-state index < -0.39 is 19.6 Å². The summed E-state index contributed by atoms with van der Waals surface area (Å²) in [7, 11) is -2.97. The molecular weight excluding hydrogens is 305 g/mol. The largest absolute Gasteiger partial charge is 0.461 e. The van der Waals surface area contributed by atoms with Gasteiger partial charge in [0, 0.05) is 7.11 Å². The van der Waals surface area contributed by atoms with Crippen LogP contribution in [0.25, 0.3) is 11.2 Å². The fourth-order valence-corrected chi connectivity index (χ4v) is 2.26. The van der Waals surface area contributed by atoms with Crippen LogP contribution in [0, 0.1) is 0 Å². The smallest absolute Gasteiger partial charge is 0.345 e. The molecule has 0 bridgehead atoms. The molecule has 21 heavy (non-hydrogen) atoms. The van der Waals surface area contributed by atoms with E-state index in [0.717, 1.165) is 4.57 Å². The third-order valence-corrected chi connectivity index (χ3v) is 3.13. The highest BCUT2D eigenvalue weighted by Crippen LogP contribution is 2.36. The molecule has 0 aliphatic rings. The van der Waals surface area contributed by atoms with Crippen LogP contribution < -0.4 is 16.2 Å². The Morgan fingerprint density at radius 2 is 2.10 bits per heavy atom. The van der Waals surface area contributed by atoms with Crippen molar-refractivity contribution >= 4 is 24.6 Å². The lowest BCUT2D eigenvalue weighted by Gasteiger charge is -2.07. The van der Waals surface area contributed by atoms with E-state index in [2.05, 4.69) is 15.0 Å². The van der Waals surface area contributed by atoms with Gasteiger partial charge in [-0.25, -0.2) is 4.79 Å². The molecule has 0 radical (unpaired) electrons. The van der Waals surface area contributed by atoms with E-state index in [1.165, 1.54) is 7.11 Å². The van der Waals surface area contributed by atoms with Crippen LogP contribution in [-0.2, 0) is 15.6 Å². The maximum atomic E-state index is 11.7. The molecule has 12 heteroatoms. The second-order valence-electron chi connectivity index (χ2n) is 4.10. The molecule has 0 saturated carbocycles. The van der Waals surface area contributed by atoms with Gasteiger partial charge in [0.15, 0.2) is 11.5 Å². The molecule has 116 valence electrons. The molecule has 0 saturated heterocycles. The maximum Gasteiger partial charge on any atom is 0.345 e. The number of ether oxygens (including phenoxy) is 2. The molecule has 11 nitrogen and oxygen atoms in total. The van der Waals surface area contributed by atoms with Gasteiger partial charge in [0.2, 0.25) is 0 Å². The summed E-state index contributed by atoms with van der Waals surface area (Å²) >= 11 is 0. The van der Waals surface area contributed by atoms with Gasteiger partial charge in [-0.05, 0) is 0 Å². The summed E-state index contributed by atoms with van der Waals surface area (Å²) < 4.78 is 21.8. The number of imidazole rings is 1. The van der Waals surface area contributed by atoms with E-state index in [1.54, 1.807) is 0 Å². The van der Waals surface area contributed by atoms with Crippen LogP contribution in [0.2, 0.25) is 0 Å². The van der Waals surface area contributed by atoms with E-state index in [0.29, 0.717) is 6.61 Å². The van der Waals surface area contributed by atoms with E-state index in [4.69, 9.17) is 25.0 Å². The van der Waals surface area contributed by atoms with Crippen LogP contribution in [0.1, 0.15) is 0 Å². The van der Waals surface area contributed by atoms with Crippen molar-refractivity contribution in [2.75, 3.05) is 26.1 Å². The zero-order chi connectivity index (χ0) is 15.6. The van der Waals surface area contributed by atoms with E-state index >= 15 is 0 Å². The summed E-state index contributed by atoms with van der Waals surface area (Å²) in [4.78, 5) is 39.8. The monoisotopic (exact) mass is 319 g/mol. The summed E-state index contributed by atoms with van der Waals surface area (Å²) in [6, 6.07) is -0.115. The first-order chi connectivity index (χ1) is 9.81. The first kappa shape index (κ1) is 15.4. The third-order valence-electron chi connectivity index (χ3n) is 2.47. The highest BCUT2D eigenvalue weighted by atomic mass is 31.2. The highest BCUT2D eigenvalue weighted by molar-refractivity contribution is 7.50. The van der Waals surface area contributed by atoms with Crippen molar-refractivity contribution in [3.05, 3.63) is 10.5 Å². The summed E-state index contributed by atoms with van der Waals surface area (Å²) in [5, 5.41) is 0. The number of nitrogen functional groups attached to an aromatic ring is 1. The topological polar surface area (TPSA) is 166 Å². The van der Waals surface area contributed by atoms with Gasteiger partial charge in [-0.2, -0.15) is 9.97 Å². The highest BCUT2D eigenvalue weighted by Gasteiger charge is 2.21. The van der Waals surface area contributed by atoms with Crippen LogP contribution in [0.5, 0.6) is 6.01 Å². The maximum absolute atomic E-state index is 11.7. The normalized spacial score (nSPS) is 12.0. The minimum absolute atomic E-state index is 0.0387. The number of rotatable bonds is 6. The molecule has 0 aliphatic heterocycles. The Bertz CT molecular complexity index is 749. The predicted molar refractivity (Wildman–Crippen MR) is 72.0 cm³/mol. The first-order valence-corrected chi connectivity index (χ1v) is 7.54. The molecule has 0 spiro atoms. The lowest BCUT2D eigenvalue weighted by atomic mass is 10.5. The number of hydrogen-bond acceptors (Lipinski definition) is 7. The van der Waals surface area contributed by atoms with Gasteiger partial charge in [0.1, 0.15) is 18.4 Å². The zero-order valence-electron chi connectivity index (χ0n) is 11.0. The molecule has 5 N–H and O–H groups in total. The predicted octanol–water partition coefficient (Wildman–Crippen LogP) is -1.14. The Kier molecular flexibility index (Phi) is 4.28. The molecule has 0 unspecified atom stereocenters. The Hall–Kier alpha value is -1.94. The molecule has 0 aliphatic carbocycles. The Morgan fingerprint density at radius 3 is 2.71 bits per heavy atom. The number of nitrogens with two attached hydrogens (primary N) is 1. The molecule has 0 atom stereocenters. The van der Waals surface area contributed by atoms with Gasteiger partial charge in [-0.1, -0.05) is 0 Å². The minimum Gasteiger partial charge on any atom is -0.461 e. The molecule has 0 amide bonds. The van der Waals surface area contributed by atoms with Crippen molar-refractivity contribution in [1.29, 1.82) is 0 Å². The summed E-state index contributed by atoms with van der Waals surface area (Å²) in [6.45, 7) is 0.457. The molecule has 2 rings (SSSR count). The molecule has 2 aromatic heterocycles. The number of H-pyrrole nitrogens is 1. The summed E-state index contributed by atoms with van der Waals surface area (Å²) in [5.41, 5.74) is 4.97. The number of hydrogen-bond donors (Lipinski definition) is 4. The second kappa shape index (κ2) is 5.82. The Balaban J connectivity index is 2.47. The van der Waals surface area contributed by atoms with Crippen LogP contribution in [0.15, 0.2) is 4.79 Å². The fourth-order valence-electron chi connectivity index (χ4n) is 1.63. The lowest BCUT2D eigenvalue weighted by Crippen LogP contribution is -2.17. The van der Waals surface area contributed by atoms with Crippen LogP contribution in [0.4, 0.5) is 5.82 Å². The SMILES string of the molecule is COCCOc1nc(N)c2[nH]c(=O)n(CP(=O)(O)O)c2n1. The van der Waals surface area contributed by atoms with E-state index in [1.807, 2.05) is 0 Å². The van der Waals surface area contributed by atoms with Gasteiger partial charge in [0.25, 0.3) is 0 Å². The lowest BCUT2D eigenvalue weighted by molar-refractivity contribution is 0.141. The average Bonchev–Trinajstić information content (AvgIpc) is 2.66. The van der Waals surface area contributed by atoms with Gasteiger partial charge in [0.05, 0.1) is 6.61 Å². The standard InChI is InChI=1S/C9H14N5O6P/c1-19-2-3-20-8-12-6(10)5-7(13-8)14(9(15)11-5)4-21(16,17)18/h2-4H2,1H3,(H,11,15)(H2,10,12,13)(H2,16,17,18). The number of anilines is 1. The van der Waals surface area contributed by atoms with E-state index in [-0.39, 0.29) is 29.6 Å². The number of nitrogens with one attached hydrogen (secondary N) is 1. The summed E-state index contributed by atoms with van der Waals surface area (Å²) in [6.07, 6.45) is -0.820. The second-order valence-corrected chi connectivity index (χ2v) is 5.71. The third kappa shape index (κ3) is 3.58. The average molecular weight is 319 g/mol. The van der Waals surface area contributed by atoms with Crippen molar-refractivity contribution in [2.45, 2.75) is 6.29 Å². The van der Waals surface area contributed by atoms with Crippen LogP contribution >= 0.6 is 7.60 Å². The number of aromatic nitrogens is 4. The van der Waals surface area contributed by atoms with Gasteiger partial charge >= 0.3 is 19.3 Å². The van der Waals surface area contributed by atoms with Crippen molar-refractivity contribution in [2.24, 2.45) is 0 Å². The quantitative estimate of drug-likeness (QED) is 0.380. The van der Waals surface area contributed by atoms with Crippen LogP contribution in [-0.4, -0.2) is 49.6 Å². The molecule has 2 aromatic rings. The van der Waals surface area contributed by atoms with Crippen LogP contribution in [0.3, 0.4) is 0 Å². The van der Waals surface area contributed by atoms with Crippen molar-refractivity contribution in [1.82, 2.24) is 19.5 Å². The number of fused-ring (bicyclic) bond motifs is 1. The van der Waals surface area contributed by atoms with Gasteiger partial charge in [-0.15, -0.1) is 0 Å². The molecule has 2 heterocycles. The number of methoxy groups -OCH3 is 1. The van der Waals surface area contributed by atoms with Crippen molar-refractivity contribution in [3.8, 4) is 6.01 Å². The molecule has 0 fully saturated rings. The first-order valence-electron chi connectivity index (χ1n) is 5.74. The Labute approximate surface area is 117 Å². The molecule has 0 aromatic carbocycles. The zero-order valence-corrected chi connectivity index (χ0v) is 11.9. The minimum atomic E-state index is -4.46. The van der Waals surface area contributed by atoms with Gasteiger partial charge < -0.3 is 30.0 Å². The molecular formula is C9H14N5O6P. The number of nitrogens with zero attached hydrogens (tertiary/aromatic N) is 3. The Morgan fingerprint density at radius 1 is 1.38 bits per heavy atom. The van der Waals surface area contributed by atoms with Gasteiger partial charge in [-0.3, -0.25) is 9.13 Å².